The standard InChI is InChI=1S/C24H20N2O3/c1-28-22-10-6-5-9-21(22)26-23(27)15-24(26,17-25)19-11-13-20(14-12-19)29-16-18-7-3-2-4-8-18/h2-14H,15-16H2,1H3/t24-/m0/s1. The summed E-state index contributed by atoms with van der Waals surface area (Å²) in [4.78, 5) is 14.0. The average molecular weight is 384 g/mol. The molecule has 0 bridgehead atoms. The van der Waals surface area contributed by atoms with Gasteiger partial charge in [-0.25, -0.2) is 0 Å². The quantitative estimate of drug-likeness (QED) is 0.590. The van der Waals surface area contributed by atoms with Crippen molar-refractivity contribution in [3.63, 3.8) is 0 Å². The minimum absolute atomic E-state index is 0.111. The van der Waals surface area contributed by atoms with Crippen LogP contribution in [0.1, 0.15) is 17.5 Å². The van der Waals surface area contributed by atoms with Gasteiger partial charge in [-0.2, -0.15) is 5.26 Å². The first-order chi connectivity index (χ1) is 14.2. The second-order valence-electron chi connectivity index (χ2n) is 6.85. The van der Waals surface area contributed by atoms with Crippen molar-refractivity contribution in [2.75, 3.05) is 12.0 Å². The minimum atomic E-state index is -1.05. The summed E-state index contributed by atoms with van der Waals surface area (Å²) in [6.45, 7) is 0.468. The number of benzene rings is 3. The van der Waals surface area contributed by atoms with E-state index in [-0.39, 0.29) is 12.3 Å². The third-order valence-electron chi connectivity index (χ3n) is 5.13. The predicted molar refractivity (Wildman–Crippen MR) is 110 cm³/mol. The molecular weight excluding hydrogens is 364 g/mol. The molecule has 0 aromatic heterocycles. The third-order valence-corrected chi connectivity index (χ3v) is 5.13. The highest BCUT2D eigenvalue weighted by atomic mass is 16.5. The molecule has 1 amide bonds. The van der Waals surface area contributed by atoms with Crippen molar-refractivity contribution in [2.45, 2.75) is 18.6 Å². The smallest absolute Gasteiger partial charge is 0.232 e. The summed E-state index contributed by atoms with van der Waals surface area (Å²) in [5.74, 6) is 1.16. The van der Waals surface area contributed by atoms with Gasteiger partial charge in [0.1, 0.15) is 18.1 Å². The van der Waals surface area contributed by atoms with Crippen LogP contribution in [0.5, 0.6) is 11.5 Å². The fourth-order valence-corrected chi connectivity index (χ4v) is 3.61. The molecule has 0 unspecified atom stereocenters. The maximum atomic E-state index is 12.5. The number of nitrogens with zero attached hydrogens (tertiary/aromatic N) is 2. The Bertz CT molecular complexity index is 1060. The number of hydrogen-bond donors (Lipinski definition) is 0. The molecule has 1 saturated heterocycles. The van der Waals surface area contributed by atoms with Gasteiger partial charge in [0.25, 0.3) is 0 Å². The molecule has 144 valence electrons. The number of nitriles is 1. The highest BCUT2D eigenvalue weighted by Gasteiger charge is 2.54. The number of carbonyl (C=O) groups excluding carboxylic acids is 1. The van der Waals surface area contributed by atoms with E-state index in [1.54, 1.807) is 19.2 Å². The molecule has 5 heteroatoms. The Morgan fingerprint density at radius 2 is 1.69 bits per heavy atom. The summed E-state index contributed by atoms with van der Waals surface area (Å²) in [5, 5.41) is 10.0. The van der Waals surface area contributed by atoms with E-state index >= 15 is 0 Å². The zero-order chi connectivity index (χ0) is 20.3. The molecule has 0 N–H and O–H groups in total. The molecule has 3 aromatic rings. The van der Waals surface area contributed by atoms with Crippen molar-refractivity contribution in [3.8, 4) is 17.6 Å². The van der Waals surface area contributed by atoms with Crippen LogP contribution in [0.4, 0.5) is 5.69 Å². The van der Waals surface area contributed by atoms with Gasteiger partial charge in [-0.3, -0.25) is 9.69 Å². The molecule has 0 saturated carbocycles. The summed E-state index contributed by atoms with van der Waals surface area (Å²) >= 11 is 0. The van der Waals surface area contributed by atoms with Gasteiger partial charge >= 0.3 is 0 Å². The van der Waals surface area contributed by atoms with Gasteiger partial charge in [0.2, 0.25) is 5.91 Å². The van der Waals surface area contributed by atoms with Crippen molar-refractivity contribution in [3.05, 3.63) is 90.0 Å². The predicted octanol–water partition coefficient (Wildman–Crippen LogP) is 4.43. The Kier molecular flexibility index (Phi) is 4.92. The topological polar surface area (TPSA) is 62.6 Å². The maximum Gasteiger partial charge on any atom is 0.232 e. The average Bonchev–Trinajstić information content (AvgIpc) is 2.77. The van der Waals surface area contributed by atoms with Crippen LogP contribution >= 0.6 is 0 Å². The van der Waals surface area contributed by atoms with Crippen LogP contribution in [0.3, 0.4) is 0 Å². The van der Waals surface area contributed by atoms with E-state index in [9.17, 15) is 10.1 Å². The Hall–Kier alpha value is -3.78. The lowest BCUT2D eigenvalue weighted by Gasteiger charge is -2.47. The van der Waals surface area contributed by atoms with E-state index in [1.165, 1.54) is 4.90 Å². The molecule has 1 aliphatic heterocycles. The highest BCUT2D eigenvalue weighted by Crippen LogP contribution is 2.47. The van der Waals surface area contributed by atoms with Crippen LogP contribution in [-0.4, -0.2) is 13.0 Å². The zero-order valence-electron chi connectivity index (χ0n) is 16.0. The molecule has 0 aliphatic carbocycles. The Labute approximate surface area is 169 Å². The minimum Gasteiger partial charge on any atom is -0.495 e. The fraction of sp³-hybridized carbons (Fsp3) is 0.167. The van der Waals surface area contributed by atoms with Gasteiger partial charge in [0.15, 0.2) is 5.54 Å². The van der Waals surface area contributed by atoms with E-state index in [2.05, 4.69) is 6.07 Å². The molecule has 4 rings (SSSR count). The number of anilines is 1. The van der Waals surface area contributed by atoms with Gasteiger partial charge in [0, 0.05) is 0 Å². The second-order valence-corrected chi connectivity index (χ2v) is 6.85. The van der Waals surface area contributed by atoms with Crippen molar-refractivity contribution in [1.82, 2.24) is 0 Å². The lowest BCUT2D eigenvalue weighted by atomic mass is 9.78. The molecule has 1 heterocycles. The second kappa shape index (κ2) is 7.69. The largest absolute Gasteiger partial charge is 0.495 e. The normalized spacial score (nSPS) is 17.9. The van der Waals surface area contributed by atoms with Crippen LogP contribution in [-0.2, 0) is 16.9 Å². The number of ether oxygens (including phenoxy) is 2. The number of para-hydroxylation sites is 2. The first kappa shape index (κ1) is 18.6. The van der Waals surface area contributed by atoms with Gasteiger partial charge in [-0.1, -0.05) is 54.6 Å². The fourth-order valence-electron chi connectivity index (χ4n) is 3.61. The molecule has 29 heavy (non-hydrogen) atoms. The maximum absolute atomic E-state index is 12.5. The van der Waals surface area contributed by atoms with Gasteiger partial charge < -0.3 is 9.47 Å². The number of amides is 1. The van der Waals surface area contributed by atoms with Crippen LogP contribution in [0, 0.1) is 11.3 Å². The van der Waals surface area contributed by atoms with Gasteiger partial charge in [0.05, 0.1) is 25.3 Å². The molecule has 0 spiro atoms. The van der Waals surface area contributed by atoms with Crippen molar-refractivity contribution in [1.29, 1.82) is 5.26 Å². The van der Waals surface area contributed by atoms with E-state index < -0.39 is 5.54 Å². The molecule has 1 fully saturated rings. The molecular formula is C24H20N2O3. The van der Waals surface area contributed by atoms with E-state index in [1.807, 2.05) is 66.7 Å². The first-order valence-corrected chi connectivity index (χ1v) is 9.32. The Morgan fingerprint density at radius 3 is 2.34 bits per heavy atom. The van der Waals surface area contributed by atoms with Crippen LogP contribution in [0.2, 0.25) is 0 Å². The lowest BCUT2D eigenvalue weighted by molar-refractivity contribution is -0.126. The van der Waals surface area contributed by atoms with Crippen LogP contribution in [0.15, 0.2) is 78.9 Å². The lowest BCUT2D eigenvalue weighted by Crippen LogP contribution is -2.61. The molecule has 5 nitrogen and oxygen atoms in total. The van der Waals surface area contributed by atoms with Gasteiger partial charge in [-0.15, -0.1) is 0 Å². The summed E-state index contributed by atoms with van der Waals surface area (Å²) in [7, 11) is 1.55. The van der Waals surface area contributed by atoms with Crippen molar-refractivity contribution >= 4 is 11.6 Å². The molecule has 1 aliphatic rings. The summed E-state index contributed by atoms with van der Waals surface area (Å²) < 4.78 is 11.2. The van der Waals surface area contributed by atoms with E-state index in [0.29, 0.717) is 23.8 Å². The first-order valence-electron chi connectivity index (χ1n) is 9.32. The zero-order valence-corrected chi connectivity index (χ0v) is 16.0. The summed E-state index contributed by atoms with van der Waals surface area (Å²) in [6.07, 6.45) is 0.131. The summed E-state index contributed by atoms with van der Waals surface area (Å²) in [5.41, 5.74) is 1.37. The monoisotopic (exact) mass is 384 g/mol. The van der Waals surface area contributed by atoms with Crippen molar-refractivity contribution < 1.29 is 14.3 Å². The number of carbonyl (C=O) groups is 1. The SMILES string of the molecule is COc1ccccc1N1C(=O)C[C@]1(C#N)c1ccc(OCc2ccccc2)cc1. The number of rotatable bonds is 6. The molecule has 3 aromatic carbocycles. The van der Waals surface area contributed by atoms with Crippen LogP contribution < -0.4 is 14.4 Å². The number of β-lactam (4-membered cyclic amide) rings is 1. The van der Waals surface area contributed by atoms with Crippen molar-refractivity contribution in [2.24, 2.45) is 0 Å². The Morgan fingerprint density at radius 1 is 1.00 bits per heavy atom. The van der Waals surface area contributed by atoms with Gasteiger partial charge in [-0.05, 0) is 35.4 Å². The number of hydrogen-bond acceptors (Lipinski definition) is 4. The molecule has 0 radical (unpaired) electrons. The summed E-state index contributed by atoms with van der Waals surface area (Å²) in [6, 6.07) is 26.9. The highest BCUT2D eigenvalue weighted by molar-refractivity contribution is 6.05. The van der Waals surface area contributed by atoms with E-state index in [0.717, 1.165) is 11.1 Å². The number of methoxy groups -OCH3 is 1. The third kappa shape index (κ3) is 3.30. The molecule has 1 atom stereocenters. The van der Waals surface area contributed by atoms with E-state index in [4.69, 9.17) is 9.47 Å². The van der Waals surface area contributed by atoms with Crippen LogP contribution in [0.25, 0.3) is 0 Å². The Balaban J connectivity index is 1.59.